The summed E-state index contributed by atoms with van der Waals surface area (Å²) >= 11 is 6.18. The van der Waals surface area contributed by atoms with Crippen molar-refractivity contribution in [3.63, 3.8) is 0 Å². The first-order chi connectivity index (χ1) is 13.9. The summed E-state index contributed by atoms with van der Waals surface area (Å²) in [7, 11) is -3.78. The lowest BCUT2D eigenvalue weighted by atomic mass is 10.1. The van der Waals surface area contributed by atoms with Gasteiger partial charge in [-0.25, -0.2) is 8.42 Å². The molecule has 2 heterocycles. The minimum atomic E-state index is -3.78. The zero-order valence-electron chi connectivity index (χ0n) is 15.3. The first kappa shape index (κ1) is 19.5. The number of amidine groups is 1. The van der Waals surface area contributed by atoms with Gasteiger partial charge in [0.15, 0.2) is 11.5 Å². The molecule has 0 bridgehead atoms. The number of carbonyl (C=O) groups excluding carboxylic acids is 1. The van der Waals surface area contributed by atoms with Crippen LogP contribution in [0, 0.1) is 0 Å². The van der Waals surface area contributed by atoms with E-state index in [2.05, 4.69) is 15.0 Å². The summed E-state index contributed by atoms with van der Waals surface area (Å²) in [5, 5.41) is 2.95. The standard InChI is InChI=1S/C19H18ClN3O5S/c20-15-9-12(10-16-18(15)28-8-7-27-16)19(24)22-13-3-1-4-14(11-13)29(25,26)23-17-5-2-6-21-17/h1,3-4,9-11H,2,5-8H2,(H,21,23)(H,22,24). The Morgan fingerprint density at radius 2 is 1.97 bits per heavy atom. The van der Waals surface area contributed by atoms with E-state index >= 15 is 0 Å². The van der Waals surface area contributed by atoms with Gasteiger partial charge in [-0.1, -0.05) is 17.7 Å². The number of fused-ring (bicyclic) bond motifs is 1. The SMILES string of the molecule is O=C(Nc1cccc(S(=O)(=O)NC2=NCCC2)c1)c1cc(Cl)c2c(c1)OCCO2. The van der Waals surface area contributed by atoms with Crippen LogP contribution in [0.4, 0.5) is 5.69 Å². The average Bonchev–Trinajstić information content (AvgIpc) is 3.20. The van der Waals surface area contributed by atoms with Gasteiger partial charge in [0.2, 0.25) is 0 Å². The maximum absolute atomic E-state index is 12.6. The molecule has 0 saturated carbocycles. The third-order valence-corrected chi connectivity index (χ3v) is 6.05. The Hall–Kier alpha value is -2.78. The summed E-state index contributed by atoms with van der Waals surface area (Å²) in [5.41, 5.74) is 0.600. The van der Waals surface area contributed by atoms with Crippen LogP contribution in [0.15, 0.2) is 46.3 Å². The quantitative estimate of drug-likeness (QED) is 0.768. The van der Waals surface area contributed by atoms with Crippen molar-refractivity contribution in [2.45, 2.75) is 17.7 Å². The molecular weight excluding hydrogens is 418 g/mol. The average molecular weight is 436 g/mol. The molecule has 2 aromatic rings. The predicted octanol–water partition coefficient (Wildman–Crippen LogP) is 2.83. The van der Waals surface area contributed by atoms with E-state index in [9.17, 15) is 13.2 Å². The zero-order valence-corrected chi connectivity index (χ0v) is 16.8. The lowest BCUT2D eigenvalue weighted by molar-refractivity contribution is 0.102. The Labute approximate surface area is 172 Å². The van der Waals surface area contributed by atoms with Crippen molar-refractivity contribution in [3.8, 4) is 11.5 Å². The van der Waals surface area contributed by atoms with E-state index in [1.165, 1.54) is 24.3 Å². The molecule has 2 aliphatic rings. The zero-order chi connectivity index (χ0) is 20.4. The Balaban J connectivity index is 1.53. The highest BCUT2D eigenvalue weighted by molar-refractivity contribution is 7.90. The lowest BCUT2D eigenvalue weighted by Gasteiger charge is -2.20. The normalized spacial score (nSPS) is 15.6. The minimum Gasteiger partial charge on any atom is -0.486 e. The molecule has 0 atom stereocenters. The number of rotatable bonds is 4. The third kappa shape index (κ3) is 4.30. The molecule has 2 aliphatic heterocycles. The number of hydrogen-bond donors (Lipinski definition) is 2. The van der Waals surface area contributed by atoms with Gasteiger partial charge >= 0.3 is 0 Å². The van der Waals surface area contributed by atoms with Crippen LogP contribution in [0.1, 0.15) is 23.2 Å². The molecule has 8 nitrogen and oxygen atoms in total. The number of nitrogens with one attached hydrogen (secondary N) is 2. The monoisotopic (exact) mass is 435 g/mol. The summed E-state index contributed by atoms with van der Waals surface area (Å²) in [5.74, 6) is 0.798. The number of hydrogen-bond acceptors (Lipinski definition) is 6. The van der Waals surface area contributed by atoms with Crippen molar-refractivity contribution in [1.29, 1.82) is 0 Å². The molecule has 2 aromatic carbocycles. The number of nitrogens with zero attached hydrogens (tertiary/aromatic N) is 1. The fraction of sp³-hybridized carbons (Fsp3) is 0.263. The first-order valence-electron chi connectivity index (χ1n) is 8.99. The lowest BCUT2D eigenvalue weighted by Crippen LogP contribution is -2.29. The number of anilines is 1. The Morgan fingerprint density at radius 1 is 1.14 bits per heavy atom. The minimum absolute atomic E-state index is 0.0325. The Kier molecular flexibility index (Phi) is 5.33. The van der Waals surface area contributed by atoms with Crippen LogP contribution < -0.4 is 19.5 Å². The predicted molar refractivity (Wildman–Crippen MR) is 109 cm³/mol. The highest BCUT2D eigenvalue weighted by Crippen LogP contribution is 2.38. The maximum atomic E-state index is 12.6. The number of halogens is 1. The summed E-state index contributed by atoms with van der Waals surface area (Å²) in [6, 6.07) is 9.01. The van der Waals surface area contributed by atoms with Gasteiger partial charge in [-0.3, -0.25) is 14.5 Å². The van der Waals surface area contributed by atoms with Gasteiger partial charge in [0, 0.05) is 24.2 Å². The van der Waals surface area contributed by atoms with Crippen LogP contribution in [0.2, 0.25) is 5.02 Å². The van der Waals surface area contributed by atoms with Gasteiger partial charge in [-0.15, -0.1) is 0 Å². The molecule has 2 N–H and O–H groups in total. The molecule has 0 saturated heterocycles. The maximum Gasteiger partial charge on any atom is 0.262 e. The van der Waals surface area contributed by atoms with E-state index in [0.717, 1.165) is 6.42 Å². The molecule has 10 heteroatoms. The highest BCUT2D eigenvalue weighted by atomic mass is 35.5. The molecule has 0 spiro atoms. The number of ether oxygens (including phenoxy) is 2. The van der Waals surface area contributed by atoms with Crippen molar-refractivity contribution in [2.24, 2.45) is 4.99 Å². The largest absolute Gasteiger partial charge is 0.486 e. The number of amides is 1. The number of benzene rings is 2. The van der Waals surface area contributed by atoms with Gasteiger partial charge in [-0.05, 0) is 36.8 Å². The number of aliphatic imine (C=N–C) groups is 1. The van der Waals surface area contributed by atoms with Crippen LogP contribution in [0.3, 0.4) is 0 Å². The molecular formula is C19H18ClN3O5S. The van der Waals surface area contributed by atoms with Crippen LogP contribution in [-0.4, -0.2) is 39.9 Å². The van der Waals surface area contributed by atoms with Crippen molar-refractivity contribution in [2.75, 3.05) is 25.1 Å². The topological polar surface area (TPSA) is 106 Å². The van der Waals surface area contributed by atoms with E-state index in [1.54, 1.807) is 12.1 Å². The van der Waals surface area contributed by atoms with Crippen LogP contribution in [0.25, 0.3) is 0 Å². The van der Waals surface area contributed by atoms with Crippen molar-refractivity contribution < 1.29 is 22.7 Å². The van der Waals surface area contributed by atoms with Gasteiger partial charge in [-0.2, -0.15) is 0 Å². The van der Waals surface area contributed by atoms with Crippen LogP contribution in [-0.2, 0) is 10.0 Å². The summed E-state index contributed by atoms with van der Waals surface area (Å²) in [4.78, 5) is 16.8. The van der Waals surface area contributed by atoms with E-state index in [1.807, 2.05) is 0 Å². The Bertz CT molecular complexity index is 1100. The Morgan fingerprint density at radius 3 is 2.76 bits per heavy atom. The number of sulfonamides is 1. The molecule has 1 amide bonds. The fourth-order valence-electron chi connectivity index (χ4n) is 3.02. The second-order valence-electron chi connectivity index (χ2n) is 6.50. The highest BCUT2D eigenvalue weighted by Gasteiger charge is 2.21. The molecule has 0 fully saturated rings. The van der Waals surface area contributed by atoms with E-state index < -0.39 is 15.9 Å². The van der Waals surface area contributed by atoms with Crippen molar-refractivity contribution >= 4 is 39.1 Å². The van der Waals surface area contributed by atoms with E-state index in [0.29, 0.717) is 49.2 Å². The van der Waals surface area contributed by atoms with Crippen molar-refractivity contribution in [3.05, 3.63) is 47.0 Å². The molecule has 152 valence electrons. The fourth-order valence-corrected chi connectivity index (χ4v) is 4.42. The van der Waals surface area contributed by atoms with Crippen LogP contribution >= 0.6 is 11.6 Å². The summed E-state index contributed by atoms with van der Waals surface area (Å²) in [6.07, 6.45) is 1.42. The van der Waals surface area contributed by atoms with Crippen LogP contribution in [0.5, 0.6) is 11.5 Å². The molecule has 0 aliphatic carbocycles. The van der Waals surface area contributed by atoms with Gasteiger partial charge in [0.1, 0.15) is 19.0 Å². The third-order valence-electron chi connectivity index (χ3n) is 4.39. The molecule has 0 aromatic heterocycles. The number of carbonyl (C=O) groups is 1. The van der Waals surface area contributed by atoms with Gasteiger partial charge in [0.25, 0.3) is 15.9 Å². The van der Waals surface area contributed by atoms with E-state index in [4.69, 9.17) is 21.1 Å². The van der Waals surface area contributed by atoms with Gasteiger partial charge in [0.05, 0.1) is 9.92 Å². The molecule has 0 unspecified atom stereocenters. The first-order valence-corrected chi connectivity index (χ1v) is 10.9. The summed E-state index contributed by atoms with van der Waals surface area (Å²) < 4.78 is 38.5. The van der Waals surface area contributed by atoms with E-state index in [-0.39, 0.29) is 15.5 Å². The second kappa shape index (κ2) is 7.92. The molecule has 29 heavy (non-hydrogen) atoms. The summed E-state index contributed by atoms with van der Waals surface area (Å²) in [6.45, 7) is 1.37. The van der Waals surface area contributed by atoms with Gasteiger partial charge < -0.3 is 14.8 Å². The smallest absolute Gasteiger partial charge is 0.262 e. The van der Waals surface area contributed by atoms with Crippen molar-refractivity contribution in [1.82, 2.24) is 4.72 Å². The molecule has 4 rings (SSSR count). The second-order valence-corrected chi connectivity index (χ2v) is 8.59. The molecule has 0 radical (unpaired) electrons.